The molecule has 0 aromatic carbocycles. The van der Waals surface area contributed by atoms with Crippen molar-refractivity contribution in [1.29, 1.82) is 5.41 Å². The van der Waals surface area contributed by atoms with E-state index in [1.807, 2.05) is 0 Å². The number of aromatic nitrogens is 2. The molecule has 3 N–H and O–H groups in total. The van der Waals surface area contributed by atoms with E-state index < -0.39 is 12.0 Å². The first-order chi connectivity index (χ1) is 6.32. The lowest BCUT2D eigenvalue weighted by molar-refractivity contribution is -0.619. The molecule has 1 aromatic heterocycles. The van der Waals surface area contributed by atoms with E-state index in [2.05, 4.69) is 5.10 Å². The molecule has 0 atom stereocenters. The van der Waals surface area contributed by atoms with Gasteiger partial charge >= 0.3 is 12.0 Å². The molecule has 0 fully saturated rings. The van der Waals surface area contributed by atoms with Gasteiger partial charge < -0.3 is 5.73 Å². The lowest BCUT2D eigenvalue weighted by Gasteiger charge is -2.05. The number of nitrogens with zero attached hydrogens (tertiary/aromatic N) is 2. The highest BCUT2D eigenvalue weighted by Gasteiger charge is 2.43. The number of nitrogens with one attached hydrogen (secondary N) is 1. The van der Waals surface area contributed by atoms with Gasteiger partial charge in [-0.05, 0) is 6.07 Å². The van der Waals surface area contributed by atoms with Crippen molar-refractivity contribution in [2.75, 3.05) is 5.73 Å². The van der Waals surface area contributed by atoms with Crippen LogP contribution >= 0.6 is 11.6 Å². The second-order valence-electron chi connectivity index (χ2n) is 2.34. The molecule has 0 saturated heterocycles. The Balaban J connectivity index is 3.19. The summed E-state index contributed by atoms with van der Waals surface area (Å²) in [5.41, 5.74) is 5.19. The van der Waals surface area contributed by atoms with Crippen LogP contribution in [0.1, 0.15) is 0 Å². The van der Waals surface area contributed by atoms with Crippen molar-refractivity contribution in [2.24, 2.45) is 0 Å². The van der Waals surface area contributed by atoms with Crippen LogP contribution in [0, 0.1) is 5.41 Å². The fraction of sp³-hybridized carbons (Fsp3) is 0.167. The van der Waals surface area contributed by atoms with Gasteiger partial charge in [0.15, 0.2) is 5.15 Å². The predicted octanol–water partition coefficient (Wildman–Crippen LogP) is 0.992. The highest BCUT2D eigenvalue weighted by Crippen LogP contribution is 2.15. The quantitative estimate of drug-likeness (QED) is 0.393. The van der Waals surface area contributed by atoms with E-state index in [9.17, 15) is 13.2 Å². The number of nitrogens with two attached hydrogens (primary N) is 1. The van der Waals surface area contributed by atoms with E-state index in [0.717, 1.165) is 6.07 Å². The van der Waals surface area contributed by atoms with Crippen molar-refractivity contribution in [3.8, 4) is 0 Å². The molecule has 0 radical (unpaired) electrons. The minimum absolute atomic E-state index is 0.173. The number of anilines is 1. The van der Waals surface area contributed by atoms with Crippen molar-refractivity contribution in [3.05, 3.63) is 17.3 Å². The van der Waals surface area contributed by atoms with Gasteiger partial charge in [-0.25, -0.2) is 0 Å². The molecular formula is C6H5ClF3N4+. The van der Waals surface area contributed by atoms with E-state index in [0.29, 0.717) is 0 Å². The maximum absolute atomic E-state index is 12.1. The smallest absolute Gasteiger partial charge is 0.317 e. The summed E-state index contributed by atoms with van der Waals surface area (Å²) in [5.74, 6) is -1.99. The van der Waals surface area contributed by atoms with Gasteiger partial charge in [0.05, 0.1) is 0 Å². The molecule has 0 aliphatic heterocycles. The molecule has 0 aliphatic rings. The number of alkyl halides is 3. The minimum Gasteiger partial charge on any atom is -0.317 e. The maximum atomic E-state index is 12.1. The summed E-state index contributed by atoms with van der Waals surface area (Å²) in [6.07, 6.45) is -4.81. The van der Waals surface area contributed by atoms with Crippen LogP contribution in [0.15, 0.2) is 12.1 Å². The summed E-state index contributed by atoms with van der Waals surface area (Å²) < 4.78 is 36.4. The molecule has 1 aromatic rings. The third-order valence-electron chi connectivity index (χ3n) is 1.31. The number of rotatable bonds is 0. The molecule has 1 heterocycles. The molecule has 1 rings (SSSR count). The lowest BCUT2D eigenvalue weighted by Crippen LogP contribution is -2.55. The van der Waals surface area contributed by atoms with Crippen molar-refractivity contribution in [2.45, 2.75) is 6.18 Å². The molecule has 0 aliphatic carbocycles. The summed E-state index contributed by atoms with van der Waals surface area (Å²) in [5, 5.41) is 9.83. The molecule has 4 nitrogen and oxygen atoms in total. The number of hydrogen-bond acceptors (Lipinski definition) is 3. The third-order valence-corrected chi connectivity index (χ3v) is 1.51. The highest BCUT2D eigenvalue weighted by atomic mass is 35.5. The first kappa shape index (κ1) is 10.7. The summed E-state index contributed by atoms with van der Waals surface area (Å²) in [6, 6.07) is 2.37. The highest BCUT2D eigenvalue weighted by molar-refractivity contribution is 6.29. The summed E-state index contributed by atoms with van der Waals surface area (Å²) in [7, 11) is 0. The molecule has 0 spiro atoms. The second kappa shape index (κ2) is 3.41. The Bertz CT molecular complexity index is 376. The van der Waals surface area contributed by atoms with E-state index >= 15 is 0 Å². The SMILES string of the molecule is N=C([n+]1nc(Cl)ccc1N)C(F)(F)F. The van der Waals surface area contributed by atoms with Gasteiger partial charge in [0.2, 0.25) is 5.82 Å². The average Bonchev–Trinajstić information content (AvgIpc) is 2.06. The standard InChI is InChI=1S/C6H4ClF3N4/c7-3-1-2-4(11)14(13-3)5(12)6(8,9)10/h1-2,11-12H/p+1. The molecule has 76 valence electrons. The van der Waals surface area contributed by atoms with Gasteiger partial charge in [0.1, 0.15) is 0 Å². The van der Waals surface area contributed by atoms with Crippen LogP contribution in [0.3, 0.4) is 0 Å². The molecule has 8 heteroatoms. The van der Waals surface area contributed by atoms with E-state index in [4.69, 9.17) is 22.7 Å². The number of halogens is 4. The third kappa shape index (κ3) is 2.11. The molecular weight excluding hydrogens is 221 g/mol. The van der Waals surface area contributed by atoms with E-state index in [-0.39, 0.29) is 15.7 Å². The van der Waals surface area contributed by atoms with Gasteiger partial charge in [0, 0.05) is 6.07 Å². The van der Waals surface area contributed by atoms with Crippen LogP contribution in [0.4, 0.5) is 19.0 Å². The Morgan fingerprint density at radius 2 is 2.07 bits per heavy atom. The monoisotopic (exact) mass is 225 g/mol. The van der Waals surface area contributed by atoms with Crippen LogP contribution in [0.25, 0.3) is 0 Å². The van der Waals surface area contributed by atoms with Gasteiger partial charge in [-0.3, -0.25) is 0 Å². The van der Waals surface area contributed by atoms with Gasteiger partial charge in [0.25, 0.3) is 0 Å². The molecule has 0 saturated carbocycles. The number of nitrogen functional groups attached to an aromatic ring is 1. The Labute approximate surface area is 81.6 Å². The number of hydrogen-bond donors (Lipinski definition) is 2. The van der Waals surface area contributed by atoms with Crippen LogP contribution in [0.5, 0.6) is 0 Å². The van der Waals surface area contributed by atoms with Gasteiger partial charge in [-0.15, -0.1) is 0 Å². The predicted molar refractivity (Wildman–Crippen MR) is 43.0 cm³/mol. The normalized spacial score (nSPS) is 11.4. The first-order valence-corrected chi connectivity index (χ1v) is 3.70. The zero-order valence-electron chi connectivity index (χ0n) is 6.64. The summed E-state index contributed by atoms with van der Waals surface area (Å²) >= 11 is 5.36. The van der Waals surface area contributed by atoms with Gasteiger partial charge in [-0.2, -0.15) is 18.6 Å². The van der Waals surface area contributed by atoms with Crippen LogP contribution in [-0.2, 0) is 0 Å². The Morgan fingerprint density at radius 1 is 1.50 bits per heavy atom. The Morgan fingerprint density at radius 3 is 2.57 bits per heavy atom. The van der Waals surface area contributed by atoms with E-state index in [1.165, 1.54) is 6.07 Å². The van der Waals surface area contributed by atoms with Crippen molar-refractivity contribution in [3.63, 3.8) is 0 Å². The van der Waals surface area contributed by atoms with Crippen molar-refractivity contribution in [1.82, 2.24) is 5.10 Å². The first-order valence-electron chi connectivity index (χ1n) is 3.33. The topological polar surface area (TPSA) is 66.6 Å². The summed E-state index contributed by atoms with van der Waals surface area (Å²) in [4.78, 5) is 0. The maximum Gasteiger partial charge on any atom is 0.483 e. The molecule has 0 unspecified atom stereocenters. The molecule has 0 amide bonds. The molecule has 14 heavy (non-hydrogen) atoms. The minimum atomic E-state index is -4.81. The fourth-order valence-electron chi connectivity index (χ4n) is 0.711. The van der Waals surface area contributed by atoms with Crippen LogP contribution < -0.4 is 10.4 Å². The summed E-state index contributed by atoms with van der Waals surface area (Å²) in [6.45, 7) is 0. The largest absolute Gasteiger partial charge is 0.483 e. The van der Waals surface area contributed by atoms with Gasteiger partial charge in [-0.1, -0.05) is 21.4 Å². The van der Waals surface area contributed by atoms with E-state index in [1.54, 1.807) is 0 Å². The van der Waals surface area contributed by atoms with Crippen LogP contribution in [0.2, 0.25) is 5.15 Å². The Hall–Kier alpha value is -1.37. The Kier molecular flexibility index (Phi) is 2.61. The van der Waals surface area contributed by atoms with Crippen molar-refractivity contribution >= 4 is 23.3 Å². The average molecular weight is 226 g/mol. The fourth-order valence-corrected chi connectivity index (χ4v) is 0.849. The van der Waals surface area contributed by atoms with Crippen LogP contribution in [-0.4, -0.2) is 17.1 Å². The lowest BCUT2D eigenvalue weighted by atomic mass is 10.5. The second-order valence-corrected chi connectivity index (χ2v) is 2.73. The zero-order valence-corrected chi connectivity index (χ0v) is 7.39. The molecule has 0 bridgehead atoms. The van der Waals surface area contributed by atoms with Crippen molar-refractivity contribution < 1.29 is 17.9 Å². The zero-order chi connectivity index (χ0) is 10.9.